The fraction of sp³-hybridized carbons (Fsp3) is 0.188. The molecule has 1 amide bonds. The Hall–Kier alpha value is -2.05. The molecule has 2 aromatic rings. The quantitative estimate of drug-likeness (QED) is 0.870. The Morgan fingerprint density at radius 2 is 1.78 bits per heavy atom. The van der Waals surface area contributed by atoms with Crippen molar-refractivity contribution in [3.8, 4) is 0 Å². The van der Waals surface area contributed by atoms with Crippen LogP contribution >= 0.6 is 11.6 Å². The van der Waals surface area contributed by atoms with Gasteiger partial charge in [-0.3, -0.25) is 9.52 Å². The third-order valence-electron chi connectivity index (χ3n) is 3.41. The molecule has 2 N–H and O–H groups in total. The van der Waals surface area contributed by atoms with Crippen molar-refractivity contribution >= 4 is 33.2 Å². The van der Waals surface area contributed by atoms with E-state index in [0.717, 1.165) is 12.8 Å². The Morgan fingerprint density at radius 1 is 1.09 bits per heavy atom. The van der Waals surface area contributed by atoms with E-state index in [9.17, 15) is 13.2 Å². The van der Waals surface area contributed by atoms with E-state index in [1.807, 2.05) is 0 Å². The summed E-state index contributed by atoms with van der Waals surface area (Å²) in [6.45, 7) is 0. The Kier molecular flexibility index (Phi) is 4.28. The number of amides is 1. The van der Waals surface area contributed by atoms with Gasteiger partial charge >= 0.3 is 0 Å². The van der Waals surface area contributed by atoms with Crippen molar-refractivity contribution in [3.63, 3.8) is 0 Å². The minimum atomic E-state index is -3.72. The molecule has 0 spiro atoms. The zero-order valence-corrected chi connectivity index (χ0v) is 13.7. The van der Waals surface area contributed by atoms with E-state index in [0.29, 0.717) is 16.3 Å². The normalized spacial score (nSPS) is 14.3. The van der Waals surface area contributed by atoms with Crippen molar-refractivity contribution in [2.45, 2.75) is 23.8 Å². The lowest BCUT2D eigenvalue weighted by atomic mass is 10.2. The van der Waals surface area contributed by atoms with Crippen LogP contribution in [0, 0.1) is 0 Å². The molecular weight excluding hydrogens is 336 g/mol. The van der Waals surface area contributed by atoms with Gasteiger partial charge in [0.15, 0.2) is 0 Å². The summed E-state index contributed by atoms with van der Waals surface area (Å²) in [6, 6.07) is 12.5. The van der Waals surface area contributed by atoms with Crippen LogP contribution in [-0.2, 0) is 10.0 Å². The second-order valence-corrected chi connectivity index (χ2v) is 7.51. The molecule has 0 saturated heterocycles. The highest BCUT2D eigenvalue weighted by atomic mass is 35.5. The van der Waals surface area contributed by atoms with E-state index in [4.69, 9.17) is 11.6 Å². The van der Waals surface area contributed by atoms with Crippen LogP contribution in [0.25, 0.3) is 0 Å². The van der Waals surface area contributed by atoms with Crippen molar-refractivity contribution < 1.29 is 13.2 Å². The molecule has 1 aliphatic rings. The third kappa shape index (κ3) is 4.03. The molecule has 0 heterocycles. The second-order valence-electron chi connectivity index (χ2n) is 5.39. The predicted octanol–water partition coefficient (Wildman–Crippen LogP) is 3.03. The molecule has 1 saturated carbocycles. The molecule has 0 bridgehead atoms. The third-order valence-corrected chi connectivity index (χ3v) is 5.06. The van der Waals surface area contributed by atoms with Gasteiger partial charge in [-0.25, -0.2) is 8.42 Å². The van der Waals surface area contributed by atoms with Crippen molar-refractivity contribution in [1.82, 2.24) is 5.32 Å². The van der Waals surface area contributed by atoms with Gasteiger partial charge in [-0.1, -0.05) is 17.7 Å². The van der Waals surface area contributed by atoms with Crippen LogP contribution < -0.4 is 10.0 Å². The summed E-state index contributed by atoms with van der Waals surface area (Å²) in [5.74, 6) is -0.194. The highest BCUT2D eigenvalue weighted by Gasteiger charge is 2.24. The zero-order valence-electron chi connectivity index (χ0n) is 12.1. The van der Waals surface area contributed by atoms with Crippen LogP contribution in [0.3, 0.4) is 0 Å². The number of halogens is 1. The number of rotatable bonds is 5. The maximum atomic E-state index is 12.3. The van der Waals surface area contributed by atoms with Crippen LogP contribution in [0.4, 0.5) is 5.69 Å². The molecule has 0 radical (unpaired) electrons. The molecule has 0 aromatic heterocycles. The van der Waals surface area contributed by atoms with Crippen LogP contribution in [0.1, 0.15) is 23.2 Å². The molecule has 2 aromatic carbocycles. The number of nitrogens with one attached hydrogen (secondary N) is 2. The van der Waals surface area contributed by atoms with Gasteiger partial charge < -0.3 is 5.32 Å². The van der Waals surface area contributed by atoms with E-state index < -0.39 is 10.0 Å². The van der Waals surface area contributed by atoms with Gasteiger partial charge in [0.25, 0.3) is 15.9 Å². The van der Waals surface area contributed by atoms with Gasteiger partial charge in [-0.15, -0.1) is 0 Å². The molecule has 1 aliphatic carbocycles. The highest BCUT2D eigenvalue weighted by molar-refractivity contribution is 7.92. The average Bonchev–Trinajstić information content (AvgIpc) is 3.31. The van der Waals surface area contributed by atoms with Gasteiger partial charge in [0.1, 0.15) is 0 Å². The molecule has 1 fully saturated rings. The first-order chi connectivity index (χ1) is 10.9. The summed E-state index contributed by atoms with van der Waals surface area (Å²) >= 11 is 5.76. The van der Waals surface area contributed by atoms with Crippen molar-refractivity contribution in [2.75, 3.05) is 4.72 Å². The SMILES string of the molecule is O=C(NC1CC1)c1cccc(NS(=O)(=O)c2ccc(Cl)cc2)c1. The average molecular weight is 351 g/mol. The molecular formula is C16H15ClN2O3S. The van der Waals surface area contributed by atoms with Gasteiger partial charge in [-0.05, 0) is 55.3 Å². The number of hydrogen-bond donors (Lipinski definition) is 2. The van der Waals surface area contributed by atoms with Crippen molar-refractivity contribution in [3.05, 3.63) is 59.1 Å². The number of carbonyl (C=O) groups is 1. The molecule has 120 valence electrons. The monoisotopic (exact) mass is 350 g/mol. The van der Waals surface area contributed by atoms with E-state index >= 15 is 0 Å². The molecule has 5 nitrogen and oxygen atoms in total. The molecule has 23 heavy (non-hydrogen) atoms. The van der Waals surface area contributed by atoms with Crippen molar-refractivity contribution in [2.24, 2.45) is 0 Å². The Labute approximate surface area is 139 Å². The van der Waals surface area contributed by atoms with E-state index in [2.05, 4.69) is 10.0 Å². The lowest BCUT2D eigenvalue weighted by Gasteiger charge is -2.10. The van der Waals surface area contributed by atoms with Crippen LogP contribution in [0.2, 0.25) is 5.02 Å². The number of sulfonamides is 1. The summed E-state index contributed by atoms with van der Waals surface area (Å²) in [4.78, 5) is 12.1. The first kappa shape index (κ1) is 15.8. The van der Waals surface area contributed by atoms with Crippen molar-refractivity contribution in [1.29, 1.82) is 0 Å². The summed E-state index contributed by atoms with van der Waals surface area (Å²) in [7, 11) is -3.72. The maximum absolute atomic E-state index is 12.3. The predicted molar refractivity (Wildman–Crippen MR) is 89.2 cm³/mol. The first-order valence-corrected chi connectivity index (χ1v) is 8.99. The number of hydrogen-bond acceptors (Lipinski definition) is 3. The number of carbonyl (C=O) groups excluding carboxylic acids is 1. The Balaban J connectivity index is 1.79. The number of benzene rings is 2. The van der Waals surface area contributed by atoms with Gasteiger partial charge in [0.2, 0.25) is 0 Å². The van der Waals surface area contributed by atoms with Gasteiger partial charge in [-0.2, -0.15) is 0 Å². The number of anilines is 1. The van der Waals surface area contributed by atoms with Gasteiger partial charge in [0, 0.05) is 22.3 Å². The Morgan fingerprint density at radius 3 is 2.43 bits per heavy atom. The molecule has 7 heteroatoms. The lowest BCUT2D eigenvalue weighted by Crippen LogP contribution is -2.25. The molecule has 0 unspecified atom stereocenters. The Bertz CT molecular complexity index is 831. The van der Waals surface area contributed by atoms with Crippen LogP contribution in [0.5, 0.6) is 0 Å². The van der Waals surface area contributed by atoms with E-state index in [1.54, 1.807) is 18.2 Å². The fourth-order valence-electron chi connectivity index (χ4n) is 2.05. The molecule has 3 rings (SSSR count). The van der Waals surface area contributed by atoms with Gasteiger partial charge in [0.05, 0.1) is 4.90 Å². The summed E-state index contributed by atoms with van der Waals surface area (Å²) in [5, 5.41) is 3.33. The summed E-state index contributed by atoms with van der Waals surface area (Å²) in [6.07, 6.45) is 1.99. The zero-order chi connectivity index (χ0) is 16.4. The minimum absolute atomic E-state index is 0.106. The summed E-state index contributed by atoms with van der Waals surface area (Å²) in [5.41, 5.74) is 0.761. The van der Waals surface area contributed by atoms with Crippen LogP contribution in [-0.4, -0.2) is 20.4 Å². The van der Waals surface area contributed by atoms with Crippen LogP contribution in [0.15, 0.2) is 53.4 Å². The first-order valence-electron chi connectivity index (χ1n) is 7.13. The topological polar surface area (TPSA) is 75.3 Å². The largest absolute Gasteiger partial charge is 0.349 e. The lowest BCUT2D eigenvalue weighted by molar-refractivity contribution is 0.0951. The second kappa shape index (κ2) is 6.22. The minimum Gasteiger partial charge on any atom is -0.349 e. The highest BCUT2D eigenvalue weighted by Crippen LogP contribution is 2.21. The van der Waals surface area contributed by atoms with E-state index in [1.165, 1.54) is 30.3 Å². The molecule has 0 aliphatic heterocycles. The summed E-state index contributed by atoms with van der Waals surface area (Å²) < 4.78 is 27.1. The fourth-order valence-corrected chi connectivity index (χ4v) is 3.22. The van der Waals surface area contributed by atoms with E-state index in [-0.39, 0.29) is 16.8 Å². The standard InChI is InChI=1S/C16H15ClN2O3S/c17-12-4-8-15(9-5-12)23(21,22)19-14-3-1-2-11(10-14)16(20)18-13-6-7-13/h1-5,8-10,13,19H,6-7H2,(H,18,20). The molecule has 0 atom stereocenters. The maximum Gasteiger partial charge on any atom is 0.261 e. The smallest absolute Gasteiger partial charge is 0.261 e.